The Bertz CT molecular complexity index is 2630. The molecule has 5 heterocycles. The molecule has 0 aromatic heterocycles. The molecule has 5 aliphatic heterocycles. The number of hydrogen-bond donors (Lipinski definition) is 2. The number of nitrogens with zero attached hydrogens (tertiary/aromatic N) is 5. The van der Waals surface area contributed by atoms with Crippen molar-refractivity contribution < 1.29 is 52.8 Å². The summed E-state index contributed by atoms with van der Waals surface area (Å²) in [6.45, 7) is 9.48. The van der Waals surface area contributed by atoms with Crippen LogP contribution in [0.3, 0.4) is 0 Å². The Kier molecular flexibility index (Phi) is 15.3. The number of benzene rings is 3. The second-order valence-corrected chi connectivity index (χ2v) is 18.8. The number of nitrogens with one attached hydrogen (secondary N) is 1. The number of ether oxygens (including phenoxy) is 4. The molecular formula is C53H62N6O11. The molecule has 3 aromatic rings. The van der Waals surface area contributed by atoms with Crippen LogP contribution in [-0.4, -0.2) is 126 Å². The maximum absolute atomic E-state index is 14.0. The highest BCUT2D eigenvalue weighted by molar-refractivity contribution is 6.07. The highest BCUT2D eigenvalue weighted by atomic mass is 16.6. The summed E-state index contributed by atoms with van der Waals surface area (Å²) in [6.07, 6.45) is 8.18. The van der Waals surface area contributed by atoms with Gasteiger partial charge in [0.15, 0.2) is 23.5 Å². The third kappa shape index (κ3) is 10.9. The number of likely N-dealkylation sites (tertiary alicyclic amines) is 1. The van der Waals surface area contributed by atoms with Crippen LogP contribution in [0.2, 0.25) is 0 Å². The molecule has 0 radical (unpaired) electrons. The van der Waals surface area contributed by atoms with E-state index in [9.17, 15) is 33.9 Å². The van der Waals surface area contributed by atoms with Crippen LogP contribution in [0.15, 0.2) is 76.8 Å². The average Bonchev–Trinajstić information content (AvgIpc) is 3.97. The van der Waals surface area contributed by atoms with Gasteiger partial charge in [-0.05, 0) is 88.3 Å². The monoisotopic (exact) mass is 958 g/mol. The van der Waals surface area contributed by atoms with Gasteiger partial charge in [-0.1, -0.05) is 48.8 Å². The van der Waals surface area contributed by atoms with E-state index in [1.807, 2.05) is 26.8 Å². The maximum Gasteiger partial charge on any atom is 0.416 e. The van der Waals surface area contributed by atoms with Crippen LogP contribution in [0, 0.1) is 12.8 Å². The summed E-state index contributed by atoms with van der Waals surface area (Å²) in [5.41, 5.74) is 5.52. The number of methoxy groups -OCH3 is 1. The van der Waals surface area contributed by atoms with E-state index in [0.29, 0.717) is 110 Å². The number of aryl methyl sites for hydroxylation is 1. The summed E-state index contributed by atoms with van der Waals surface area (Å²) in [5.74, 6) is 0.536. The highest BCUT2D eigenvalue weighted by Crippen LogP contribution is 2.40. The van der Waals surface area contributed by atoms with Gasteiger partial charge >= 0.3 is 6.09 Å². The van der Waals surface area contributed by atoms with Crippen LogP contribution in [-0.2, 0) is 25.7 Å². The van der Waals surface area contributed by atoms with E-state index in [1.165, 1.54) is 4.90 Å². The third-order valence-corrected chi connectivity index (χ3v) is 13.3. The summed E-state index contributed by atoms with van der Waals surface area (Å²) in [6, 6.07) is 12.9. The maximum atomic E-state index is 14.0. The predicted molar refractivity (Wildman–Crippen MR) is 262 cm³/mol. The van der Waals surface area contributed by atoms with Crippen LogP contribution in [0.4, 0.5) is 21.9 Å². The van der Waals surface area contributed by atoms with Crippen LogP contribution in [0.5, 0.6) is 17.2 Å². The number of carbonyl (C=O) groups excluding carboxylic acids is 6. The number of carbonyl (C=O) groups is 6. The molecule has 0 spiro atoms. The first-order valence-corrected chi connectivity index (χ1v) is 24.2. The first-order chi connectivity index (χ1) is 33.7. The van der Waals surface area contributed by atoms with Gasteiger partial charge in [0.1, 0.15) is 12.4 Å². The number of hydrogen-bond acceptors (Lipinski definition) is 13. The van der Waals surface area contributed by atoms with Crippen molar-refractivity contribution in [2.75, 3.05) is 56.7 Å². The summed E-state index contributed by atoms with van der Waals surface area (Å²) >= 11 is 0. The van der Waals surface area contributed by atoms with Gasteiger partial charge < -0.3 is 39.2 Å². The molecule has 0 aliphatic carbocycles. The average molecular weight is 959 g/mol. The number of rotatable bonds is 20. The number of ketones is 1. The number of unbranched alkanes of at least 4 members (excludes halogenated alkanes) is 4. The number of fused-ring (bicyclic) bond motifs is 4. The van der Waals surface area contributed by atoms with Crippen LogP contribution < -0.4 is 24.4 Å². The fraction of sp³-hybridized carbons (Fsp3) is 0.453. The van der Waals surface area contributed by atoms with Gasteiger partial charge in [0.2, 0.25) is 11.8 Å². The fourth-order valence-corrected chi connectivity index (χ4v) is 9.49. The summed E-state index contributed by atoms with van der Waals surface area (Å²) in [5, 5.41) is 14.9. The van der Waals surface area contributed by atoms with Crippen molar-refractivity contribution in [1.82, 2.24) is 14.7 Å². The Hall–Kier alpha value is -7.01. The summed E-state index contributed by atoms with van der Waals surface area (Å²) in [4.78, 5) is 88.5. The second kappa shape index (κ2) is 21.7. The largest absolute Gasteiger partial charge is 0.493 e. The van der Waals surface area contributed by atoms with Gasteiger partial charge in [0.25, 0.3) is 11.8 Å². The van der Waals surface area contributed by atoms with Gasteiger partial charge in [-0.3, -0.25) is 33.9 Å². The Labute approximate surface area is 408 Å². The molecule has 1 unspecified atom stereocenters. The van der Waals surface area contributed by atoms with E-state index in [1.54, 1.807) is 84.7 Å². The van der Waals surface area contributed by atoms with Gasteiger partial charge in [0, 0.05) is 62.4 Å². The van der Waals surface area contributed by atoms with Gasteiger partial charge in [0.05, 0.1) is 61.5 Å². The van der Waals surface area contributed by atoms with E-state index in [4.69, 9.17) is 18.9 Å². The lowest BCUT2D eigenvalue weighted by molar-refractivity contribution is -0.139. The minimum Gasteiger partial charge on any atom is -0.493 e. The molecule has 5 aliphatic rings. The molecule has 70 heavy (non-hydrogen) atoms. The number of imide groups is 1. The van der Waals surface area contributed by atoms with Gasteiger partial charge in [-0.2, -0.15) is 0 Å². The van der Waals surface area contributed by atoms with E-state index in [0.717, 1.165) is 28.9 Å². The number of amides is 5. The van der Waals surface area contributed by atoms with Crippen molar-refractivity contribution in [1.29, 1.82) is 0 Å². The molecule has 0 bridgehead atoms. The van der Waals surface area contributed by atoms with E-state index < -0.39 is 18.4 Å². The molecule has 1 saturated heterocycles. The Morgan fingerprint density at radius 3 is 2.23 bits per heavy atom. The Morgan fingerprint density at radius 1 is 0.800 bits per heavy atom. The zero-order valence-electron chi connectivity index (χ0n) is 40.5. The molecule has 2 N–H and O–H groups in total. The molecule has 17 heteroatoms. The van der Waals surface area contributed by atoms with Gasteiger partial charge in [-0.25, -0.2) is 9.69 Å². The molecule has 5 amide bonds. The molecule has 1 fully saturated rings. The lowest BCUT2D eigenvalue weighted by Gasteiger charge is -2.31. The number of aliphatic imine (C=N–C) groups is 1. The van der Waals surface area contributed by atoms with Crippen molar-refractivity contribution in [3.05, 3.63) is 94.1 Å². The molecule has 8 rings (SSSR count). The first-order valence-electron chi connectivity index (χ1n) is 24.2. The molecular weight excluding hydrogens is 897 g/mol. The fourth-order valence-electron chi connectivity index (χ4n) is 9.49. The summed E-state index contributed by atoms with van der Waals surface area (Å²) < 4.78 is 23.8. The molecule has 4 atom stereocenters. The smallest absolute Gasteiger partial charge is 0.416 e. The van der Waals surface area contributed by atoms with Crippen LogP contribution >= 0.6 is 0 Å². The Balaban J connectivity index is 0.827. The van der Waals surface area contributed by atoms with Crippen molar-refractivity contribution in [3.63, 3.8) is 0 Å². The summed E-state index contributed by atoms with van der Waals surface area (Å²) in [7, 11) is 1.54. The molecule has 17 nitrogen and oxygen atoms in total. The quantitative estimate of drug-likeness (QED) is 0.0653. The molecule has 0 saturated carbocycles. The van der Waals surface area contributed by atoms with E-state index in [-0.39, 0.29) is 72.2 Å². The van der Waals surface area contributed by atoms with Crippen LogP contribution in [0.25, 0.3) is 0 Å². The first kappa shape index (κ1) is 49.4. The van der Waals surface area contributed by atoms with Gasteiger partial charge in [-0.15, -0.1) is 0 Å². The standard InChI is InChI=1S/C53H62N6O11/c1-32-20-38-27-55-42-25-47(46(67-5)24-40(42)50(63)57(38)29-32)69-19-11-7-10-18-68-45-26-43-41(22-34(45)3)51(64)58-30-33(2)21-44(58)52(65)59(43)53(66)70-31-36-13-15-37(16-14-36)54-28-39(60)12-8-6-9-17-56-48(61)23-35(4)49(56)62/h13-16,20-22,24-27,35,38,44,52,54,65H,6-12,17-19,23,28-31H2,1-5H3/t35?,38-,44-,52-/m0/s1. The highest BCUT2D eigenvalue weighted by Gasteiger charge is 2.44. The number of Topliss-reactive ketones (excluding diaryl/α,β-unsaturated/α-hetero) is 1. The van der Waals surface area contributed by atoms with Crippen molar-refractivity contribution in [3.8, 4) is 17.2 Å². The third-order valence-electron chi connectivity index (χ3n) is 13.3. The van der Waals surface area contributed by atoms with E-state index >= 15 is 0 Å². The molecule has 3 aromatic carbocycles. The minimum absolute atomic E-state index is 0.0375. The second-order valence-electron chi connectivity index (χ2n) is 18.8. The number of aliphatic hydroxyl groups is 1. The lowest BCUT2D eigenvalue weighted by atomic mass is 10.1. The van der Waals surface area contributed by atoms with Crippen molar-refractivity contribution >= 4 is 58.8 Å². The predicted octanol–water partition coefficient (Wildman–Crippen LogP) is 7.30. The number of aliphatic hydroxyl groups excluding tert-OH is 1. The zero-order valence-corrected chi connectivity index (χ0v) is 40.5. The zero-order chi connectivity index (χ0) is 49.6. The van der Waals surface area contributed by atoms with E-state index in [2.05, 4.69) is 10.3 Å². The minimum atomic E-state index is -1.44. The van der Waals surface area contributed by atoms with Crippen LogP contribution in [0.1, 0.15) is 104 Å². The topological polar surface area (TPSA) is 197 Å². The van der Waals surface area contributed by atoms with Crippen molar-refractivity contribution in [2.24, 2.45) is 10.9 Å². The normalized spacial score (nSPS) is 20.3. The van der Waals surface area contributed by atoms with Crippen molar-refractivity contribution in [2.45, 2.75) is 104 Å². The lowest BCUT2D eigenvalue weighted by Crippen LogP contribution is -2.50. The molecule has 370 valence electrons. The SMILES string of the molecule is COc1cc2c(cc1OCCCCCOc1cc3c(cc1C)C(=O)N1CC(C)=C[C@H]1[C@H](O)N3C(=O)OCc1ccc(NCC(=O)CCCCCN3C(=O)CC(C)C3=O)cc1)N=C[C@@H]1C=C(C)CN1C2=O. The number of anilines is 2. The Morgan fingerprint density at radius 2 is 1.50 bits per heavy atom.